The molecule has 0 atom stereocenters. The summed E-state index contributed by atoms with van der Waals surface area (Å²) >= 11 is 0. The number of halogens is 2. The van der Waals surface area contributed by atoms with Gasteiger partial charge in [0.25, 0.3) is 6.43 Å². The van der Waals surface area contributed by atoms with Crippen LogP contribution in [0.5, 0.6) is 0 Å². The molecule has 0 aliphatic heterocycles. The minimum Gasteiger partial charge on any atom is -0.466 e. The first kappa shape index (κ1) is 11.6. The van der Waals surface area contributed by atoms with Gasteiger partial charge in [0, 0.05) is 18.0 Å². The van der Waals surface area contributed by atoms with E-state index < -0.39 is 12.4 Å². The van der Waals surface area contributed by atoms with Gasteiger partial charge in [-0.3, -0.25) is 9.78 Å². The van der Waals surface area contributed by atoms with Crippen molar-refractivity contribution in [3.8, 4) is 0 Å². The molecule has 0 aliphatic rings. The van der Waals surface area contributed by atoms with Crippen LogP contribution in [0.1, 0.15) is 24.5 Å². The number of hydrogen-bond donors (Lipinski definition) is 0. The van der Waals surface area contributed by atoms with Gasteiger partial charge < -0.3 is 4.74 Å². The smallest absolute Gasteiger partial charge is 0.310 e. The minimum atomic E-state index is -2.62. The Morgan fingerprint density at radius 3 is 2.93 bits per heavy atom. The molecule has 0 amide bonds. The number of pyridine rings is 1. The van der Waals surface area contributed by atoms with Crippen LogP contribution in [-0.4, -0.2) is 17.6 Å². The van der Waals surface area contributed by atoms with E-state index in [1.165, 1.54) is 12.3 Å². The van der Waals surface area contributed by atoms with Gasteiger partial charge in [-0.25, -0.2) is 8.78 Å². The van der Waals surface area contributed by atoms with Crippen LogP contribution in [0.2, 0.25) is 0 Å². The van der Waals surface area contributed by atoms with Crippen LogP contribution in [-0.2, 0) is 16.0 Å². The van der Waals surface area contributed by atoms with Crippen LogP contribution in [0.25, 0.3) is 0 Å². The summed E-state index contributed by atoms with van der Waals surface area (Å²) in [5.41, 5.74) is 0.0454. The third-order valence-corrected chi connectivity index (χ3v) is 1.82. The number of carbonyl (C=O) groups excluding carboxylic acids is 1. The average molecular weight is 215 g/mol. The predicted octanol–water partition coefficient (Wildman–Crippen LogP) is 2.12. The Bertz CT molecular complexity index is 342. The highest BCUT2D eigenvalue weighted by atomic mass is 19.3. The van der Waals surface area contributed by atoms with Gasteiger partial charge in [0.2, 0.25) is 0 Å². The molecule has 0 unspecified atom stereocenters. The SMILES string of the molecule is CCOC(=O)Cc1ccncc1C(F)F. The van der Waals surface area contributed by atoms with Gasteiger partial charge in [-0.1, -0.05) is 0 Å². The van der Waals surface area contributed by atoms with E-state index in [1.54, 1.807) is 6.92 Å². The van der Waals surface area contributed by atoms with Crippen molar-refractivity contribution in [2.45, 2.75) is 19.8 Å². The van der Waals surface area contributed by atoms with Crippen LogP contribution < -0.4 is 0 Å². The molecule has 0 radical (unpaired) electrons. The molecule has 1 aromatic heterocycles. The third kappa shape index (κ3) is 3.27. The lowest BCUT2D eigenvalue weighted by molar-refractivity contribution is -0.142. The molecule has 0 saturated carbocycles. The summed E-state index contributed by atoms with van der Waals surface area (Å²) in [4.78, 5) is 14.7. The number of rotatable bonds is 4. The number of aromatic nitrogens is 1. The molecule has 82 valence electrons. The zero-order chi connectivity index (χ0) is 11.3. The van der Waals surface area contributed by atoms with E-state index in [1.807, 2.05) is 0 Å². The van der Waals surface area contributed by atoms with Crippen LogP contribution in [0.3, 0.4) is 0 Å². The summed E-state index contributed by atoms with van der Waals surface area (Å²) in [5, 5.41) is 0. The largest absolute Gasteiger partial charge is 0.466 e. The van der Waals surface area contributed by atoms with Crippen molar-refractivity contribution in [1.29, 1.82) is 0 Å². The standard InChI is InChI=1S/C10H11F2NO2/c1-2-15-9(14)5-7-3-4-13-6-8(7)10(11)12/h3-4,6,10H,2,5H2,1H3. The molecular weight excluding hydrogens is 204 g/mol. The van der Waals surface area contributed by atoms with Gasteiger partial charge in [0.05, 0.1) is 13.0 Å². The van der Waals surface area contributed by atoms with Crippen LogP contribution in [0.4, 0.5) is 8.78 Å². The highest BCUT2D eigenvalue weighted by Gasteiger charge is 2.15. The molecule has 1 rings (SSSR count). The maximum atomic E-state index is 12.5. The normalized spacial score (nSPS) is 10.4. The number of alkyl halides is 2. The molecule has 0 spiro atoms. The van der Waals surface area contributed by atoms with Crippen LogP contribution in [0, 0.1) is 0 Å². The fraction of sp³-hybridized carbons (Fsp3) is 0.400. The zero-order valence-corrected chi connectivity index (χ0v) is 8.24. The fourth-order valence-electron chi connectivity index (χ4n) is 1.16. The maximum absolute atomic E-state index is 12.5. The predicted molar refractivity (Wildman–Crippen MR) is 49.5 cm³/mol. The van der Waals surface area contributed by atoms with Crippen molar-refractivity contribution in [2.24, 2.45) is 0 Å². The summed E-state index contributed by atoms with van der Waals surface area (Å²) in [6.07, 6.45) is -0.321. The highest BCUT2D eigenvalue weighted by Crippen LogP contribution is 2.22. The van der Waals surface area contributed by atoms with E-state index in [9.17, 15) is 13.6 Å². The summed E-state index contributed by atoms with van der Waals surface area (Å²) in [7, 11) is 0. The molecule has 0 aromatic carbocycles. The molecule has 15 heavy (non-hydrogen) atoms. The Labute approximate surface area is 86.1 Å². The lowest BCUT2D eigenvalue weighted by Gasteiger charge is -2.07. The first-order valence-electron chi connectivity index (χ1n) is 4.51. The Morgan fingerprint density at radius 1 is 1.60 bits per heavy atom. The molecule has 0 fully saturated rings. The summed E-state index contributed by atoms with van der Waals surface area (Å²) in [6.45, 7) is 1.91. The van der Waals surface area contributed by atoms with E-state index >= 15 is 0 Å². The summed E-state index contributed by atoms with van der Waals surface area (Å²) in [5.74, 6) is -0.509. The van der Waals surface area contributed by atoms with Crippen molar-refractivity contribution in [3.63, 3.8) is 0 Å². The number of hydrogen-bond acceptors (Lipinski definition) is 3. The van der Waals surface area contributed by atoms with E-state index in [0.29, 0.717) is 0 Å². The van der Waals surface area contributed by atoms with Gasteiger partial charge in [-0.2, -0.15) is 0 Å². The number of esters is 1. The number of nitrogens with zero attached hydrogens (tertiary/aromatic N) is 1. The first-order valence-corrected chi connectivity index (χ1v) is 4.51. The second-order valence-electron chi connectivity index (χ2n) is 2.86. The monoisotopic (exact) mass is 215 g/mol. The van der Waals surface area contributed by atoms with Gasteiger partial charge in [0.15, 0.2) is 0 Å². The lowest BCUT2D eigenvalue weighted by atomic mass is 10.1. The molecule has 1 aromatic rings. The molecule has 3 nitrogen and oxygen atoms in total. The molecule has 5 heteroatoms. The Kier molecular flexibility index (Phi) is 4.15. The quantitative estimate of drug-likeness (QED) is 0.722. The Morgan fingerprint density at radius 2 is 2.33 bits per heavy atom. The Hall–Kier alpha value is -1.52. The molecular formula is C10H11F2NO2. The van der Waals surface area contributed by atoms with Gasteiger partial charge in [-0.05, 0) is 18.6 Å². The zero-order valence-electron chi connectivity index (χ0n) is 8.24. The maximum Gasteiger partial charge on any atom is 0.310 e. The first-order chi connectivity index (χ1) is 7.15. The second kappa shape index (κ2) is 5.38. The molecule has 0 bridgehead atoms. The van der Waals surface area contributed by atoms with Crippen molar-refractivity contribution in [1.82, 2.24) is 4.98 Å². The molecule has 0 N–H and O–H groups in total. The van der Waals surface area contributed by atoms with Crippen molar-refractivity contribution in [3.05, 3.63) is 29.6 Å². The van der Waals surface area contributed by atoms with Gasteiger partial charge in [0.1, 0.15) is 0 Å². The van der Waals surface area contributed by atoms with Gasteiger partial charge >= 0.3 is 5.97 Å². The lowest BCUT2D eigenvalue weighted by Crippen LogP contribution is -2.09. The number of carbonyl (C=O) groups is 1. The van der Waals surface area contributed by atoms with Gasteiger partial charge in [-0.15, -0.1) is 0 Å². The topological polar surface area (TPSA) is 39.2 Å². The summed E-state index contributed by atoms with van der Waals surface area (Å²) < 4.78 is 29.6. The van der Waals surface area contributed by atoms with Crippen molar-refractivity contribution in [2.75, 3.05) is 6.61 Å². The van der Waals surface area contributed by atoms with E-state index in [4.69, 9.17) is 0 Å². The molecule has 0 saturated heterocycles. The fourth-order valence-corrected chi connectivity index (χ4v) is 1.16. The second-order valence-corrected chi connectivity index (χ2v) is 2.86. The molecule has 0 aliphatic carbocycles. The average Bonchev–Trinajstić information content (AvgIpc) is 2.18. The van der Waals surface area contributed by atoms with Crippen LogP contribution >= 0.6 is 0 Å². The van der Waals surface area contributed by atoms with Crippen molar-refractivity contribution >= 4 is 5.97 Å². The van der Waals surface area contributed by atoms with E-state index in [0.717, 1.165) is 6.20 Å². The minimum absolute atomic E-state index is 0.143. The van der Waals surface area contributed by atoms with E-state index in [-0.39, 0.29) is 24.2 Å². The third-order valence-electron chi connectivity index (χ3n) is 1.82. The molecule has 1 heterocycles. The Balaban J connectivity index is 2.80. The van der Waals surface area contributed by atoms with E-state index in [2.05, 4.69) is 9.72 Å². The van der Waals surface area contributed by atoms with Crippen LogP contribution in [0.15, 0.2) is 18.5 Å². The number of ether oxygens (including phenoxy) is 1. The summed E-state index contributed by atoms with van der Waals surface area (Å²) in [6, 6.07) is 1.40. The van der Waals surface area contributed by atoms with Crippen molar-refractivity contribution < 1.29 is 18.3 Å². The highest BCUT2D eigenvalue weighted by molar-refractivity contribution is 5.72.